The van der Waals surface area contributed by atoms with E-state index in [1.54, 1.807) is 0 Å². The largest absolute Gasteiger partial charge is 0.489 e. The van der Waals surface area contributed by atoms with Crippen molar-refractivity contribution in [2.75, 3.05) is 19.8 Å². The molecule has 1 aromatic rings. The van der Waals surface area contributed by atoms with Crippen LogP contribution in [0.2, 0.25) is 0 Å². The van der Waals surface area contributed by atoms with Crippen LogP contribution in [-0.2, 0) is 11.3 Å². The van der Waals surface area contributed by atoms with Crippen molar-refractivity contribution in [2.45, 2.75) is 32.4 Å². The minimum Gasteiger partial charge on any atom is -0.489 e. The molecule has 0 amide bonds. The van der Waals surface area contributed by atoms with Crippen LogP contribution < -0.4 is 10.1 Å². The highest BCUT2D eigenvalue weighted by Gasteiger charge is 2.14. The van der Waals surface area contributed by atoms with Crippen molar-refractivity contribution in [3.8, 4) is 5.75 Å². The third kappa shape index (κ3) is 5.05. The average Bonchev–Trinajstić information content (AvgIpc) is 2.90. The third-order valence-electron chi connectivity index (χ3n) is 3.11. The first kappa shape index (κ1) is 14.1. The molecule has 1 atom stereocenters. The Morgan fingerprint density at radius 2 is 2.42 bits per heavy atom. The molecule has 3 heteroatoms. The topological polar surface area (TPSA) is 30.5 Å². The summed E-state index contributed by atoms with van der Waals surface area (Å²) >= 11 is 0. The van der Waals surface area contributed by atoms with Gasteiger partial charge in [0.1, 0.15) is 12.4 Å². The minimum atomic E-state index is 0.392. The Morgan fingerprint density at radius 3 is 3.16 bits per heavy atom. The van der Waals surface area contributed by atoms with Gasteiger partial charge in [-0.15, -0.1) is 0 Å². The average molecular weight is 261 g/mol. The predicted molar refractivity (Wildman–Crippen MR) is 77.4 cm³/mol. The molecule has 1 saturated heterocycles. The summed E-state index contributed by atoms with van der Waals surface area (Å²) in [6.07, 6.45) is 2.76. The Bertz CT molecular complexity index is 411. The van der Waals surface area contributed by atoms with Crippen LogP contribution in [0.5, 0.6) is 5.75 Å². The molecule has 0 aliphatic carbocycles. The molecular formula is C16H23NO2. The normalized spacial score (nSPS) is 18.5. The molecule has 2 rings (SSSR count). The molecule has 104 valence electrons. The molecule has 19 heavy (non-hydrogen) atoms. The Balaban J connectivity index is 1.76. The first-order chi connectivity index (χ1) is 9.24. The van der Waals surface area contributed by atoms with Crippen molar-refractivity contribution < 1.29 is 9.47 Å². The quantitative estimate of drug-likeness (QED) is 0.766. The van der Waals surface area contributed by atoms with Gasteiger partial charge in [0.25, 0.3) is 0 Å². The van der Waals surface area contributed by atoms with Crippen molar-refractivity contribution in [3.63, 3.8) is 0 Å². The lowest BCUT2D eigenvalue weighted by atomic mass is 10.2. The number of hydrogen-bond acceptors (Lipinski definition) is 3. The molecule has 0 radical (unpaired) electrons. The molecular weight excluding hydrogens is 238 g/mol. The van der Waals surface area contributed by atoms with Crippen LogP contribution in [-0.4, -0.2) is 25.9 Å². The molecule has 1 aromatic carbocycles. The summed E-state index contributed by atoms with van der Waals surface area (Å²) < 4.78 is 11.2. The molecule has 1 heterocycles. The van der Waals surface area contributed by atoms with Crippen LogP contribution in [0.3, 0.4) is 0 Å². The molecule has 0 bridgehead atoms. The Morgan fingerprint density at radius 1 is 1.53 bits per heavy atom. The lowest BCUT2D eigenvalue weighted by Crippen LogP contribution is -2.25. The van der Waals surface area contributed by atoms with Gasteiger partial charge in [-0.1, -0.05) is 18.7 Å². The molecule has 1 unspecified atom stereocenters. The van der Waals surface area contributed by atoms with Gasteiger partial charge >= 0.3 is 0 Å². The summed E-state index contributed by atoms with van der Waals surface area (Å²) in [7, 11) is 0. The number of ether oxygens (including phenoxy) is 2. The Kier molecular flexibility index (Phi) is 5.43. The van der Waals surface area contributed by atoms with Crippen molar-refractivity contribution in [2.24, 2.45) is 0 Å². The maximum Gasteiger partial charge on any atom is 0.120 e. The fourth-order valence-electron chi connectivity index (χ4n) is 2.13. The van der Waals surface area contributed by atoms with Crippen molar-refractivity contribution in [3.05, 3.63) is 42.0 Å². The summed E-state index contributed by atoms with van der Waals surface area (Å²) in [5.74, 6) is 0.902. The standard InChI is InChI=1S/C16H23NO2/c1-13(2)12-19-15-6-3-5-14(9-15)10-17-11-16-7-4-8-18-16/h3,5-6,9,16-17H,1,4,7-8,10-12H2,2H3. The molecule has 0 aromatic heterocycles. The fourth-order valence-corrected chi connectivity index (χ4v) is 2.13. The van der Waals surface area contributed by atoms with Crippen LogP contribution in [0.25, 0.3) is 0 Å². The summed E-state index contributed by atoms with van der Waals surface area (Å²) in [5.41, 5.74) is 2.26. The number of benzene rings is 1. The second-order valence-corrected chi connectivity index (χ2v) is 5.16. The van der Waals surface area contributed by atoms with Crippen LogP contribution in [0.1, 0.15) is 25.3 Å². The number of hydrogen-bond donors (Lipinski definition) is 1. The van der Waals surface area contributed by atoms with Crippen molar-refractivity contribution >= 4 is 0 Å². The van der Waals surface area contributed by atoms with E-state index in [1.807, 2.05) is 19.1 Å². The fraction of sp³-hybridized carbons (Fsp3) is 0.500. The van der Waals surface area contributed by atoms with Gasteiger partial charge in [-0.25, -0.2) is 0 Å². The number of rotatable bonds is 7. The summed E-state index contributed by atoms with van der Waals surface area (Å²) in [5, 5.41) is 3.44. The maximum absolute atomic E-state index is 5.64. The van der Waals surface area contributed by atoms with Gasteiger partial charge < -0.3 is 14.8 Å². The van der Waals surface area contributed by atoms with Crippen LogP contribution >= 0.6 is 0 Å². The lowest BCUT2D eigenvalue weighted by molar-refractivity contribution is 0.110. The van der Waals surface area contributed by atoms with E-state index in [4.69, 9.17) is 9.47 Å². The zero-order valence-corrected chi connectivity index (χ0v) is 11.7. The minimum absolute atomic E-state index is 0.392. The Hall–Kier alpha value is -1.32. The maximum atomic E-state index is 5.64. The second-order valence-electron chi connectivity index (χ2n) is 5.16. The first-order valence-electron chi connectivity index (χ1n) is 6.92. The van der Waals surface area contributed by atoms with E-state index in [0.717, 1.165) is 31.0 Å². The van der Waals surface area contributed by atoms with Gasteiger partial charge in [0.2, 0.25) is 0 Å². The highest BCUT2D eigenvalue weighted by molar-refractivity contribution is 5.28. The molecule has 3 nitrogen and oxygen atoms in total. The van der Waals surface area contributed by atoms with Crippen LogP contribution in [0.4, 0.5) is 0 Å². The Labute approximate surface area is 115 Å². The summed E-state index contributed by atoms with van der Waals surface area (Å²) in [6.45, 7) is 9.07. The summed E-state index contributed by atoms with van der Waals surface area (Å²) in [6, 6.07) is 8.19. The zero-order chi connectivity index (χ0) is 13.5. The van der Waals surface area contributed by atoms with E-state index in [2.05, 4.69) is 24.0 Å². The van der Waals surface area contributed by atoms with Gasteiger partial charge in [0.05, 0.1) is 6.10 Å². The van der Waals surface area contributed by atoms with Crippen LogP contribution in [0, 0.1) is 0 Å². The predicted octanol–water partition coefficient (Wildman–Crippen LogP) is 2.91. The molecule has 0 saturated carbocycles. The van der Waals surface area contributed by atoms with Gasteiger partial charge in [0, 0.05) is 19.7 Å². The van der Waals surface area contributed by atoms with Gasteiger partial charge in [-0.05, 0) is 43.0 Å². The molecule has 1 aliphatic heterocycles. The van der Waals surface area contributed by atoms with Crippen molar-refractivity contribution in [1.29, 1.82) is 0 Å². The zero-order valence-electron chi connectivity index (χ0n) is 11.7. The van der Waals surface area contributed by atoms with E-state index < -0.39 is 0 Å². The number of nitrogens with one attached hydrogen (secondary N) is 1. The summed E-state index contributed by atoms with van der Waals surface area (Å²) in [4.78, 5) is 0. The first-order valence-corrected chi connectivity index (χ1v) is 6.92. The second kappa shape index (κ2) is 7.31. The van der Waals surface area contributed by atoms with Gasteiger partial charge in [0.15, 0.2) is 0 Å². The molecule has 1 N–H and O–H groups in total. The SMILES string of the molecule is C=C(C)COc1cccc(CNCC2CCCO2)c1. The van der Waals surface area contributed by atoms with E-state index >= 15 is 0 Å². The van der Waals surface area contributed by atoms with Crippen molar-refractivity contribution in [1.82, 2.24) is 5.32 Å². The van der Waals surface area contributed by atoms with Gasteiger partial charge in [-0.3, -0.25) is 0 Å². The van der Waals surface area contributed by atoms with E-state index in [9.17, 15) is 0 Å². The van der Waals surface area contributed by atoms with E-state index in [-0.39, 0.29) is 0 Å². The van der Waals surface area contributed by atoms with Gasteiger partial charge in [-0.2, -0.15) is 0 Å². The molecule has 1 fully saturated rings. The van der Waals surface area contributed by atoms with E-state index in [1.165, 1.54) is 18.4 Å². The van der Waals surface area contributed by atoms with Crippen LogP contribution in [0.15, 0.2) is 36.4 Å². The molecule has 1 aliphatic rings. The highest BCUT2D eigenvalue weighted by atomic mass is 16.5. The molecule has 0 spiro atoms. The monoisotopic (exact) mass is 261 g/mol. The third-order valence-corrected chi connectivity index (χ3v) is 3.11. The smallest absolute Gasteiger partial charge is 0.120 e. The van der Waals surface area contributed by atoms with E-state index in [0.29, 0.717) is 12.7 Å². The lowest BCUT2D eigenvalue weighted by Gasteiger charge is -2.11. The highest BCUT2D eigenvalue weighted by Crippen LogP contribution is 2.14.